The summed E-state index contributed by atoms with van der Waals surface area (Å²) in [5.74, 6) is 0.476. The number of sulfone groups is 1. The van der Waals surface area contributed by atoms with E-state index in [0.29, 0.717) is 25.9 Å². The Kier molecular flexibility index (Phi) is 11.2. The van der Waals surface area contributed by atoms with Crippen molar-refractivity contribution in [3.63, 3.8) is 0 Å². The van der Waals surface area contributed by atoms with E-state index in [0.717, 1.165) is 32.1 Å². The molecule has 0 aliphatic carbocycles. The van der Waals surface area contributed by atoms with Crippen LogP contribution in [0, 0.1) is 5.41 Å². The molecule has 0 aliphatic rings. The first-order chi connectivity index (χ1) is 12.3. The molecule has 0 saturated carbocycles. The van der Waals surface area contributed by atoms with Crippen LogP contribution in [0.1, 0.15) is 86.5 Å². The summed E-state index contributed by atoms with van der Waals surface area (Å²) < 4.78 is 23.2. The van der Waals surface area contributed by atoms with Crippen LogP contribution >= 0.6 is 0 Å². The first kappa shape index (κ1) is 25.9. The molecule has 2 amide bonds. The van der Waals surface area contributed by atoms with Crippen molar-refractivity contribution >= 4 is 21.7 Å². The smallest absolute Gasteiger partial charge is 0.314 e. The lowest BCUT2D eigenvalue weighted by Crippen LogP contribution is -2.36. The van der Waals surface area contributed by atoms with Crippen molar-refractivity contribution < 1.29 is 18.0 Å². The van der Waals surface area contributed by atoms with Crippen LogP contribution < -0.4 is 10.6 Å². The zero-order valence-electron chi connectivity index (χ0n) is 18.1. The monoisotopic (exact) mass is 404 g/mol. The van der Waals surface area contributed by atoms with E-state index in [4.69, 9.17) is 0 Å². The molecule has 0 aromatic rings. The third-order valence-corrected chi connectivity index (χ3v) is 7.20. The Morgan fingerprint density at radius 3 is 1.67 bits per heavy atom. The molecule has 0 unspecified atom stereocenters. The lowest BCUT2D eigenvalue weighted by Gasteiger charge is -2.18. The standard InChI is InChI=1S/C20H40N2O4S/c1-19(2,3)17(23)13-9-7-10-14-21-18(24)22-15-11-8-12-16-27(25,26)20(4,5)6/h7-16H2,1-6H3,(H2,21,22,24). The highest BCUT2D eigenvalue weighted by Crippen LogP contribution is 2.18. The third kappa shape index (κ3) is 12.1. The lowest BCUT2D eigenvalue weighted by molar-refractivity contribution is -0.126. The molecular weight excluding hydrogens is 364 g/mol. The van der Waals surface area contributed by atoms with Gasteiger partial charge in [0.25, 0.3) is 0 Å². The summed E-state index contributed by atoms with van der Waals surface area (Å²) in [6, 6.07) is -0.192. The van der Waals surface area contributed by atoms with Crippen LogP contribution in [-0.4, -0.2) is 43.8 Å². The molecule has 2 N–H and O–H groups in total. The molecule has 0 rings (SSSR count). The first-order valence-electron chi connectivity index (χ1n) is 10.0. The van der Waals surface area contributed by atoms with Crippen molar-refractivity contribution in [3.05, 3.63) is 0 Å². The number of urea groups is 1. The Hall–Kier alpha value is -1.11. The minimum Gasteiger partial charge on any atom is -0.338 e. The van der Waals surface area contributed by atoms with Crippen LogP contribution in [0.2, 0.25) is 0 Å². The molecular formula is C20H40N2O4S. The summed E-state index contributed by atoms with van der Waals surface area (Å²) in [5.41, 5.74) is -0.269. The number of carbonyl (C=O) groups is 2. The molecule has 0 bridgehead atoms. The van der Waals surface area contributed by atoms with Crippen molar-refractivity contribution in [2.45, 2.75) is 91.2 Å². The maximum atomic E-state index is 12.0. The van der Waals surface area contributed by atoms with Crippen molar-refractivity contribution in [2.75, 3.05) is 18.8 Å². The van der Waals surface area contributed by atoms with E-state index in [1.807, 2.05) is 20.8 Å². The number of unbranched alkanes of at least 4 members (excludes halogenated alkanes) is 4. The number of hydrogen-bond donors (Lipinski definition) is 2. The topological polar surface area (TPSA) is 92.3 Å². The molecule has 0 aromatic heterocycles. The van der Waals surface area contributed by atoms with E-state index in [1.54, 1.807) is 20.8 Å². The molecule has 27 heavy (non-hydrogen) atoms. The van der Waals surface area contributed by atoms with E-state index in [9.17, 15) is 18.0 Å². The molecule has 0 fully saturated rings. The SMILES string of the molecule is CC(C)(C)C(=O)CCCCCNC(=O)NCCCCCS(=O)(=O)C(C)(C)C. The highest BCUT2D eigenvalue weighted by molar-refractivity contribution is 7.92. The number of carbonyl (C=O) groups excluding carboxylic acids is 2. The van der Waals surface area contributed by atoms with Gasteiger partial charge in [0, 0.05) is 24.9 Å². The molecule has 0 heterocycles. The number of rotatable bonds is 12. The van der Waals surface area contributed by atoms with Gasteiger partial charge in [-0.3, -0.25) is 4.79 Å². The van der Waals surface area contributed by atoms with E-state index in [1.165, 1.54) is 0 Å². The maximum absolute atomic E-state index is 12.0. The molecule has 0 saturated heterocycles. The summed E-state index contributed by atoms with van der Waals surface area (Å²) in [6.07, 6.45) is 5.40. The normalized spacial score (nSPS) is 12.7. The molecule has 0 aliphatic heterocycles. The molecule has 6 nitrogen and oxygen atoms in total. The number of hydrogen-bond acceptors (Lipinski definition) is 4. The number of nitrogens with one attached hydrogen (secondary N) is 2. The Balaban J connectivity index is 3.62. The Morgan fingerprint density at radius 2 is 1.22 bits per heavy atom. The summed E-state index contributed by atoms with van der Waals surface area (Å²) >= 11 is 0. The predicted octanol–water partition coefficient (Wildman–Crippen LogP) is 3.84. The summed E-state index contributed by atoms with van der Waals surface area (Å²) in [6.45, 7) is 12.1. The van der Waals surface area contributed by atoms with Gasteiger partial charge in [-0.2, -0.15) is 0 Å². The Labute approximate surface area is 166 Å². The second kappa shape index (κ2) is 11.7. The van der Waals surface area contributed by atoms with Gasteiger partial charge in [0.2, 0.25) is 0 Å². The zero-order chi connectivity index (χ0) is 21.1. The molecule has 0 atom stereocenters. The van der Waals surface area contributed by atoms with E-state index in [2.05, 4.69) is 10.6 Å². The van der Waals surface area contributed by atoms with Gasteiger partial charge < -0.3 is 10.6 Å². The van der Waals surface area contributed by atoms with Crippen LogP contribution in [-0.2, 0) is 14.6 Å². The first-order valence-corrected chi connectivity index (χ1v) is 11.7. The summed E-state index contributed by atoms with van der Waals surface area (Å²) in [5, 5.41) is 5.59. The maximum Gasteiger partial charge on any atom is 0.314 e. The molecule has 7 heteroatoms. The van der Waals surface area contributed by atoms with Gasteiger partial charge in [0.15, 0.2) is 9.84 Å². The Morgan fingerprint density at radius 1 is 0.741 bits per heavy atom. The average molecular weight is 405 g/mol. The Bertz CT molecular complexity index is 558. The third-order valence-electron chi connectivity index (χ3n) is 4.51. The van der Waals surface area contributed by atoms with Gasteiger partial charge in [-0.25, -0.2) is 13.2 Å². The van der Waals surface area contributed by atoms with Crippen LogP contribution in [0.4, 0.5) is 4.79 Å². The zero-order valence-corrected chi connectivity index (χ0v) is 18.9. The number of ketones is 1. The van der Waals surface area contributed by atoms with Gasteiger partial charge in [0.05, 0.1) is 10.5 Å². The minimum absolute atomic E-state index is 0.192. The largest absolute Gasteiger partial charge is 0.338 e. The summed E-state index contributed by atoms with van der Waals surface area (Å²) in [7, 11) is -3.06. The fraction of sp³-hybridized carbons (Fsp3) is 0.900. The van der Waals surface area contributed by atoms with Crippen LogP contribution in [0.5, 0.6) is 0 Å². The van der Waals surface area contributed by atoms with E-state index >= 15 is 0 Å². The quantitative estimate of drug-likeness (QED) is 0.483. The average Bonchev–Trinajstić information content (AvgIpc) is 2.51. The van der Waals surface area contributed by atoms with Gasteiger partial charge in [-0.1, -0.05) is 33.6 Å². The van der Waals surface area contributed by atoms with Gasteiger partial charge in [-0.15, -0.1) is 0 Å². The fourth-order valence-corrected chi connectivity index (χ4v) is 3.53. The highest BCUT2D eigenvalue weighted by atomic mass is 32.2. The highest BCUT2D eigenvalue weighted by Gasteiger charge is 2.27. The van der Waals surface area contributed by atoms with Crippen molar-refractivity contribution in [3.8, 4) is 0 Å². The molecule has 0 aromatic carbocycles. The van der Waals surface area contributed by atoms with Gasteiger partial charge >= 0.3 is 6.03 Å². The van der Waals surface area contributed by atoms with Crippen molar-refractivity contribution in [1.29, 1.82) is 0 Å². The number of Topliss-reactive ketones (excluding diaryl/α,β-unsaturated/α-hetero) is 1. The lowest BCUT2D eigenvalue weighted by atomic mass is 9.88. The van der Waals surface area contributed by atoms with Crippen LogP contribution in [0.15, 0.2) is 0 Å². The molecule has 0 spiro atoms. The second-order valence-electron chi connectivity index (χ2n) is 9.16. The van der Waals surface area contributed by atoms with Crippen molar-refractivity contribution in [2.24, 2.45) is 5.41 Å². The molecule has 0 radical (unpaired) electrons. The summed E-state index contributed by atoms with van der Waals surface area (Å²) in [4.78, 5) is 23.5. The second-order valence-corrected chi connectivity index (χ2v) is 12.0. The van der Waals surface area contributed by atoms with Gasteiger partial charge in [-0.05, 0) is 46.5 Å². The van der Waals surface area contributed by atoms with E-state index < -0.39 is 14.6 Å². The van der Waals surface area contributed by atoms with Crippen LogP contribution in [0.3, 0.4) is 0 Å². The molecule has 160 valence electrons. The minimum atomic E-state index is -3.06. The van der Waals surface area contributed by atoms with Crippen molar-refractivity contribution in [1.82, 2.24) is 10.6 Å². The fourth-order valence-electron chi connectivity index (χ4n) is 2.33. The predicted molar refractivity (Wildman–Crippen MR) is 112 cm³/mol. The van der Waals surface area contributed by atoms with E-state index in [-0.39, 0.29) is 23.0 Å². The van der Waals surface area contributed by atoms with Crippen LogP contribution in [0.25, 0.3) is 0 Å². The van der Waals surface area contributed by atoms with Gasteiger partial charge in [0.1, 0.15) is 5.78 Å². The number of amides is 2.